The fraction of sp³-hybridized carbons (Fsp3) is 0.333. The Morgan fingerprint density at radius 2 is 1.92 bits per heavy atom. The predicted octanol–water partition coefficient (Wildman–Crippen LogP) is 3.85. The van der Waals surface area contributed by atoms with Crippen molar-refractivity contribution in [2.24, 2.45) is 4.99 Å². The van der Waals surface area contributed by atoms with E-state index in [1.54, 1.807) is 13.2 Å². The lowest BCUT2D eigenvalue weighted by Gasteiger charge is -2.23. The third kappa shape index (κ3) is 6.60. The van der Waals surface area contributed by atoms with Gasteiger partial charge in [0, 0.05) is 24.0 Å². The second-order valence-corrected chi connectivity index (χ2v) is 7.92. The Hall–Kier alpha value is -3.58. The molecule has 3 aromatic heterocycles. The lowest BCUT2D eigenvalue weighted by molar-refractivity contribution is 0.0998. The smallest absolute Gasteiger partial charge is 0.280 e. The van der Waals surface area contributed by atoms with Crippen LogP contribution in [0.4, 0.5) is 19.0 Å². The SMILES string of the molecule is CCOc1ncc(-c2cc(C(=O)N=C3CCCN(C)C3)c(F)c(-c3cnc(N)c(F)n3)n2)cc1F.CS. The van der Waals surface area contributed by atoms with Gasteiger partial charge in [-0.15, -0.1) is 0 Å². The number of aromatic nitrogens is 4. The number of thiol groups is 1. The van der Waals surface area contributed by atoms with Crippen molar-refractivity contribution in [3.8, 4) is 28.5 Å². The highest BCUT2D eigenvalue weighted by Gasteiger charge is 2.24. The monoisotopic (exact) mass is 533 g/mol. The quantitative estimate of drug-likeness (QED) is 0.475. The second-order valence-electron chi connectivity index (χ2n) is 7.92. The van der Waals surface area contributed by atoms with Crippen LogP contribution < -0.4 is 10.5 Å². The molecular formula is C24H26F3N7O2S. The molecule has 1 aliphatic heterocycles. The molecule has 0 radical (unpaired) electrons. The molecule has 196 valence electrons. The molecule has 13 heteroatoms. The lowest BCUT2D eigenvalue weighted by atomic mass is 10.1. The van der Waals surface area contributed by atoms with E-state index in [9.17, 15) is 13.6 Å². The van der Waals surface area contributed by atoms with E-state index >= 15 is 4.39 Å². The Bertz CT molecular complexity index is 1320. The van der Waals surface area contributed by atoms with Crippen LogP contribution in [-0.2, 0) is 0 Å². The number of nitrogens with zero attached hydrogens (tertiary/aromatic N) is 6. The minimum atomic E-state index is -1.12. The van der Waals surface area contributed by atoms with E-state index in [4.69, 9.17) is 10.5 Å². The van der Waals surface area contributed by atoms with Crippen molar-refractivity contribution in [2.75, 3.05) is 38.7 Å². The van der Waals surface area contributed by atoms with Crippen LogP contribution in [0, 0.1) is 17.6 Å². The van der Waals surface area contributed by atoms with Gasteiger partial charge in [-0.1, -0.05) is 0 Å². The van der Waals surface area contributed by atoms with E-state index in [2.05, 4.69) is 37.6 Å². The van der Waals surface area contributed by atoms with E-state index in [1.165, 1.54) is 6.20 Å². The first-order valence-electron chi connectivity index (χ1n) is 11.3. The molecule has 1 amide bonds. The number of rotatable bonds is 5. The number of nitrogens with two attached hydrogens (primary N) is 1. The van der Waals surface area contributed by atoms with Gasteiger partial charge in [0.2, 0.25) is 5.88 Å². The fourth-order valence-electron chi connectivity index (χ4n) is 3.62. The van der Waals surface area contributed by atoms with Crippen molar-refractivity contribution < 1.29 is 22.7 Å². The van der Waals surface area contributed by atoms with Crippen LogP contribution in [-0.4, -0.2) is 69.5 Å². The van der Waals surface area contributed by atoms with Gasteiger partial charge in [0.05, 0.1) is 24.1 Å². The highest BCUT2D eigenvalue weighted by molar-refractivity contribution is 7.79. The van der Waals surface area contributed by atoms with Gasteiger partial charge in [0.25, 0.3) is 11.9 Å². The summed E-state index contributed by atoms with van der Waals surface area (Å²) in [5.41, 5.74) is 4.92. The minimum absolute atomic E-state index is 0.000746. The molecule has 1 saturated heterocycles. The van der Waals surface area contributed by atoms with Crippen LogP contribution in [0.15, 0.2) is 29.5 Å². The number of nitrogen functional groups attached to an aromatic ring is 1. The summed E-state index contributed by atoms with van der Waals surface area (Å²) in [6.45, 7) is 3.22. The lowest BCUT2D eigenvalue weighted by Crippen LogP contribution is -2.32. The van der Waals surface area contributed by atoms with Gasteiger partial charge in [0.1, 0.15) is 11.4 Å². The molecule has 2 N–H and O–H groups in total. The summed E-state index contributed by atoms with van der Waals surface area (Å²) in [7, 11) is 1.89. The van der Waals surface area contributed by atoms with Crippen molar-refractivity contribution in [1.82, 2.24) is 24.8 Å². The Morgan fingerprint density at radius 1 is 1.16 bits per heavy atom. The van der Waals surface area contributed by atoms with Crippen LogP contribution in [0.25, 0.3) is 22.6 Å². The summed E-state index contributed by atoms with van der Waals surface area (Å²) in [4.78, 5) is 34.4. The molecule has 0 unspecified atom stereocenters. The number of piperidine rings is 1. The highest BCUT2D eigenvalue weighted by atomic mass is 32.1. The molecule has 0 aromatic carbocycles. The van der Waals surface area contributed by atoms with Crippen LogP contribution >= 0.6 is 12.6 Å². The van der Waals surface area contributed by atoms with Crippen molar-refractivity contribution in [2.45, 2.75) is 19.8 Å². The summed E-state index contributed by atoms with van der Waals surface area (Å²) < 4.78 is 49.1. The molecule has 0 saturated carbocycles. The van der Waals surface area contributed by atoms with Gasteiger partial charge in [-0.25, -0.2) is 33.7 Å². The summed E-state index contributed by atoms with van der Waals surface area (Å²) in [6.07, 6.45) is 5.41. The van der Waals surface area contributed by atoms with E-state index in [0.29, 0.717) is 18.7 Å². The molecule has 4 rings (SSSR count). The Labute approximate surface area is 217 Å². The van der Waals surface area contributed by atoms with E-state index in [1.807, 2.05) is 11.9 Å². The third-order valence-electron chi connectivity index (χ3n) is 5.29. The predicted molar refractivity (Wildman–Crippen MR) is 137 cm³/mol. The van der Waals surface area contributed by atoms with Gasteiger partial charge >= 0.3 is 0 Å². The first kappa shape index (κ1) is 28.0. The fourth-order valence-corrected chi connectivity index (χ4v) is 3.62. The molecule has 0 bridgehead atoms. The number of halogens is 3. The van der Waals surface area contributed by atoms with Gasteiger partial charge in [-0.3, -0.25) is 4.79 Å². The maximum Gasteiger partial charge on any atom is 0.280 e. The van der Waals surface area contributed by atoms with Crippen molar-refractivity contribution in [1.29, 1.82) is 0 Å². The van der Waals surface area contributed by atoms with Crippen molar-refractivity contribution >= 4 is 30.1 Å². The Kier molecular flexibility index (Phi) is 9.53. The van der Waals surface area contributed by atoms with Gasteiger partial charge in [0.15, 0.2) is 17.5 Å². The summed E-state index contributed by atoms with van der Waals surface area (Å²) in [6, 6.07) is 2.24. The maximum absolute atomic E-state index is 15.5. The van der Waals surface area contributed by atoms with Gasteiger partial charge < -0.3 is 15.4 Å². The molecule has 37 heavy (non-hydrogen) atoms. The molecule has 4 heterocycles. The first-order valence-corrected chi connectivity index (χ1v) is 12.2. The standard InChI is InChI=1S/C23H22F3N7O2.CH4S/c1-3-35-23-15(24)7-12(9-29-23)16-8-14(22(34)30-13-5-4-6-33(2)11-13)18(25)19(31-16)17-10-28-21(27)20(26)32-17;1-2/h7-10H,3-6,11H2,1-2H3,(H2,27,28);2H,1H3. The summed E-state index contributed by atoms with van der Waals surface area (Å²) >= 11 is 3.53. The van der Waals surface area contributed by atoms with Crippen LogP contribution in [0.3, 0.4) is 0 Å². The van der Waals surface area contributed by atoms with E-state index in [-0.39, 0.29) is 29.4 Å². The number of carbonyl (C=O) groups excluding carboxylic acids is 1. The summed E-state index contributed by atoms with van der Waals surface area (Å²) in [5.74, 6) is -4.50. The first-order chi connectivity index (χ1) is 17.8. The topological polar surface area (TPSA) is 119 Å². The normalized spacial score (nSPS) is 14.7. The molecule has 0 atom stereocenters. The highest BCUT2D eigenvalue weighted by Crippen LogP contribution is 2.29. The van der Waals surface area contributed by atoms with Gasteiger partial charge in [-0.2, -0.15) is 17.0 Å². The zero-order valence-electron chi connectivity index (χ0n) is 20.5. The van der Waals surface area contributed by atoms with Crippen molar-refractivity contribution in [3.63, 3.8) is 0 Å². The molecule has 9 nitrogen and oxygen atoms in total. The number of anilines is 1. The zero-order valence-corrected chi connectivity index (χ0v) is 21.4. The molecule has 3 aromatic rings. The molecule has 1 aliphatic rings. The second kappa shape index (κ2) is 12.6. The minimum Gasteiger partial charge on any atom is -0.476 e. The third-order valence-corrected chi connectivity index (χ3v) is 5.29. The Balaban J connectivity index is 0.00000186. The molecular weight excluding hydrogens is 507 g/mol. The maximum atomic E-state index is 15.5. The number of likely N-dealkylation sites (tertiary alicyclic amines) is 1. The van der Waals surface area contributed by atoms with E-state index < -0.39 is 40.6 Å². The molecule has 1 fully saturated rings. The van der Waals surface area contributed by atoms with Crippen molar-refractivity contribution in [3.05, 3.63) is 47.7 Å². The summed E-state index contributed by atoms with van der Waals surface area (Å²) in [5, 5.41) is 0. The van der Waals surface area contributed by atoms with Crippen LogP contribution in [0.1, 0.15) is 30.1 Å². The number of hydrogen-bond donors (Lipinski definition) is 2. The number of pyridine rings is 2. The van der Waals surface area contributed by atoms with Crippen LogP contribution in [0.2, 0.25) is 0 Å². The average molecular weight is 534 g/mol. The number of aliphatic imine (C=N–C) groups is 1. The Morgan fingerprint density at radius 3 is 2.57 bits per heavy atom. The van der Waals surface area contributed by atoms with Gasteiger partial charge in [-0.05, 0) is 51.7 Å². The number of ether oxygens (including phenoxy) is 1. The number of hydrogen-bond acceptors (Lipinski definition) is 9. The number of carbonyl (C=O) groups is 1. The number of amides is 1. The molecule has 0 spiro atoms. The zero-order chi connectivity index (χ0) is 27.1. The average Bonchev–Trinajstić information content (AvgIpc) is 2.88. The largest absolute Gasteiger partial charge is 0.476 e. The van der Waals surface area contributed by atoms with E-state index in [0.717, 1.165) is 31.3 Å². The molecule has 0 aliphatic carbocycles. The van der Waals surface area contributed by atoms with Crippen LogP contribution in [0.5, 0.6) is 5.88 Å².